The van der Waals surface area contributed by atoms with Gasteiger partial charge in [-0.2, -0.15) is 26.3 Å². The third kappa shape index (κ3) is 6.72. The summed E-state index contributed by atoms with van der Waals surface area (Å²) in [6, 6.07) is 7.12. The van der Waals surface area contributed by atoms with Crippen molar-refractivity contribution in [2.24, 2.45) is 5.73 Å². The normalized spacial score (nSPS) is 13.7. The van der Waals surface area contributed by atoms with Crippen molar-refractivity contribution < 1.29 is 41.0 Å². The Hall–Kier alpha value is -3.85. The molecule has 0 aliphatic carbocycles. The molecule has 0 fully saturated rings. The molecular formula is C22H18ClF6N5O4. The lowest BCUT2D eigenvalue weighted by molar-refractivity contribution is -0.207. The topological polar surface area (TPSA) is 132 Å². The summed E-state index contributed by atoms with van der Waals surface area (Å²) in [7, 11) is 0. The first kappa shape index (κ1) is 28.7. The number of primary amides is 1. The van der Waals surface area contributed by atoms with Crippen LogP contribution in [0.4, 0.5) is 26.3 Å². The minimum Gasteiger partial charge on any atom is -0.382 e. The molecule has 2 amide bonds. The second-order valence-corrected chi connectivity index (χ2v) is 8.40. The van der Waals surface area contributed by atoms with Gasteiger partial charge in [-0.15, -0.1) is 5.10 Å². The van der Waals surface area contributed by atoms with E-state index >= 15 is 0 Å². The molecule has 0 radical (unpaired) electrons. The fraction of sp³-hybridized carbons (Fsp3) is 0.273. The summed E-state index contributed by atoms with van der Waals surface area (Å²) in [5.41, 5.74) is 2.74. The Balaban J connectivity index is 1.93. The first-order valence-electron chi connectivity index (χ1n) is 10.5. The molecule has 38 heavy (non-hydrogen) atoms. The number of rotatable bonds is 8. The summed E-state index contributed by atoms with van der Waals surface area (Å²) < 4.78 is 79.0. The number of aliphatic hydroxyl groups is 1. The Morgan fingerprint density at radius 3 is 2.26 bits per heavy atom. The molecule has 4 N–H and O–H groups in total. The molecule has 2 atom stereocenters. The minimum absolute atomic E-state index is 0.124. The SMILES string of the molecule is NC(=O)[C@@H](NC(=O)Cn1nc(-c2ccc(Cl)cc2)n(CC(O)C(F)(F)F)c1=O)c1cccc(C(F)(F)F)c1. The standard InChI is InChI=1S/C22H18ClF6N5O4/c23-14-6-4-11(5-7-14)19-32-34(20(38)33(19)9-15(35)22(27,28)29)10-16(36)31-17(18(30)37)12-2-1-3-13(8-12)21(24,25)26/h1-8,15,17,35H,9-10H2,(H2,30,37)(H,31,36)/t15?,17-/m0/s1. The van der Waals surface area contributed by atoms with Crippen molar-refractivity contribution in [1.29, 1.82) is 0 Å². The smallest absolute Gasteiger partial charge is 0.382 e. The Morgan fingerprint density at radius 2 is 1.71 bits per heavy atom. The van der Waals surface area contributed by atoms with E-state index in [1.54, 1.807) is 0 Å². The predicted octanol–water partition coefficient (Wildman–Crippen LogP) is 2.65. The second-order valence-electron chi connectivity index (χ2n) is 7.96. The van der Waals surface area contributed by atoms with Crippen LogP contribution in [0, 0.1) is 0 Å². The van der Waals surface area contributed by atoms with Gasteiger partial charge < -0.3 is 16.2 Å². The molecule has 1 unspecified atom stereocenters. The zero-order chi connectivity index (χ0) is 28.4. The summed E-state index contributed by atoms with van der Waals surface area (Å²) in [6.07, 6.45) is -12.8. The van der Waals surface area contributed by atoms with E-state index in [0.29, 0.717) is 15.3 Å². The van der Waals surface area contributed by atoms with Crippen molar-refractivity contribution in [2.75, 3.05) is 0 Å². The Morgan fingerprint density at radius 1 is 1.08 bits per heavy atom. The van der Waals surface area contributed by atoms with Gasteiger partial charge in [-0.05, 0) is 42.0 Å². The van der Waals surface area contributed by atoms with Gasteiger partial charge >= 0.3 is 18.0 Å². The minimum atomic E-state index is -5.07. The number of nitrogens with zero attached hydrogens (tertiary/aromatic N) is 3. The average Bonchev–Trinajstić information content (AvgIpc) is 3.11. The number of aromatic nitrogens is 3. The molecule has 0 spiro atoms. The molecule has 204 valence electrons. The average molecular weight is 566 g/mol. The molecule has 16 heteroatoms. The number of benzene rings is 2. The van der Waals surface area contributed by atoms with Crippen LogP contribution in [0.15, 0.2) is 53.3 Å². The van der Waals surface area contributed by atoms with Gasteiger partial charge in [0, 0.05) is 10.6 Å². The van der Waals surface area contributed by atoms with Crippen LogP contribution in [0.2, 0.25) is 5.02 Å². The summed E-state index contributed by atoms with van der Waals surface area (Å²) >= 11 is 5.81. The fourth-order valence-electron chi connectivity index (χ4n) is 3.35. The van der Waals surface area contributed by atoms with Crippen LogP contribution >= 0.6 is 11.6 Å². The van der Waals surface area contributed by atoms with E-state index in [0.717, 1.165) is 18.2 Å². The van der Waals surface area contributed by atoms with Crippen molar-refractivity contribution in [1.82, 2.24) is 19.7 Å². The van der Waals surface area contributed by atoms with Gasteiger partial charge in [0.2, 0.25) is 11.8 Å². The Bertz CT molecular complexity index is 1380. The molecule has 0 saturated heterocycles. The maximum absolute atomic E-state index is 13.0. The van der Waals surface area contributed by atoms with Crippen LogP contribution in [0.3, 0.4) is 0 Å². The largest absolute Gasteiger partial charge is 0.416 e. The van der Waals surface area contributed by atoms with Crippen molar-refractivity contribution in [3.63, 3.8) is 0 Å². The second kappa shape index (κ2) is 10.9. The van der Waals surface area contributed by atoms with E-state index in [4.69, 9.17) is 17.3 Å². The number of hydrogen-bond donors (Lipinski definition) is 3. The molecule has 1 heterocycles. The molecule has 3 rings (SSSR count). The third-order valence-electron chi connectivity index (χ3n) is 5.19. The quantitative estimate of drug-likeness (QED) is 0.361. The lowest BCUT2D eigenvalue weighted by Gasteiger charge is -2.17. The number of nitrogens with one attached hydrogen (secondary N) is 1. The van der Waals surface area contributed by atoms with Crippen LogP contribution in [-0.2, 0) is 28.9 Å². The van der Waals surface area contributed by atoms with E-state index in [1.165, 1.54) is 24.3 Å². The van der Waals surface area contributed by atoms with Gasteiger partial charge in [-0.3, -0.25) is 14.2 Å². The molecule has 0 bridgehead atoms. The predicted molar refractivity (Wildman–Crippen MR) is 121 cm³/mol. The van der Waals surface area contributed by atoms with Gasteiger partial charge in [-0.25, -0.2) is 9.48 Å². The molecule has 9 nitrogen and oxygen atoms in total. The Kier molecular flexibility index (Phi) is 8.21. The third-order valence-corrected chi connectivity index (χ3v) is 5.44. The zero-order valence-corrected chi connectivity index (χ0v) is 19.7. The molecule has 0 aliphatic rings. The van der Waals surface area contributed by atoms with Crippen molar-refractivity contribution in [3.8, 4) is 11.4 Å². The van der Waals surface area contributed by atoms with E-state index in [-0.39, 0.29) is 22.0 Å². The Labute approximate surface area is 214 Å². The number of nitrogens with two attached hydrogens (primary N) is 1. The number of carbonyl (C=O) groups excluding carboxylic acids is 2. The van der Waals surface area contributed by atoms with Crippen LogP contribution < -0.4 is 16.7 Å². The van der Waals surface area contributed by atoms with Crippen molar-refractivity contribution in [3.05, 3.63) is 75.2 Å². The van der Waals surface area contributed by atoms with E-state index in [9.17, 15) is 45.8 Å². The number of hydrogen-bond acceptors (Lipinski definition) is 5. The van der Waals surface area contributed by atoms with Crippen molar-refractivity contribution >= 4 is 23.4 Å². The van der Waals surface area contributed by atoms with E-state index in [1.807, 2.05) is 0 Å². The monoisotopic (exact) mass is 565 g/mol. The molecule has 0 aliphatic heterocycles. The first-order chi connectivity index (χ1) is 17.6. The number of alkyl halides is 6. The summed E-state index contributed by atoms with van der Waals surface area (Å²) in [4.78, 5) is 37.4. The van der Waals surface area contributed by atoms with Gasteiger partial charge in [0.05, 0.1) is 12.1 Å². The number of aliphatic hydroxyl groups excluding tert-OH is 1. The molecular weight excluding hydrogens is 548 g/mol. The highest BCUT2D eigenvalue weighted by Crippen LogP contribution is 2.31. The van der Waals surface area contributed by atoms with Gasteiger partial charge in [-0.1, -0.05) is 23.7 Å². The summed E-state index contributed by atoms with van der Waals surface area (Å²) in [5, 5.41) is 15.7. The number of halogens is 7. The lowest BCUT2D eigenvalue weighted by atomic mass is 10.0. The summed E-state index contributed by atoms with van der Waals surface area (Å²) in [5.74, 6) is -2.67. The fourth-order valence-corrected chi connectivity index (χ4v) is 3.48. The molecule has 0 saturated carbocycles. The van der Waals surface area contributed by atoms with E-state index < -0.39 is 60.7 Å². The molecule has 3 aromatic rings. The maximum atomic E-state index is 13.0. The summed E-state index contributed by atoms with van der Waals surface area (Å²) in [6.45, 7) is -2.20. The number of carbonyl (C=O) groups is 2. The molecule has 2 aromatic carbocycles. The maximum Gasteiger partial charge on any atom is 0.416 e. The molecule has 1 aromatic heterocycles. The highest BCUT2D eigenvalue weighted by atomic mass is 35.5. The van der Waals surface area contributed by atoms with Gasteiger partial charge in [0.15, 0.2) is 11.9 Å². The lowest BCUT2D eigenvalue weighted by Crippen LogP contribution is -2.41. The van der Waals surface area contributed by atoms with Crippen LogP contribution in [0.25, 0.3) is 11.4 Å². The zero-order valence-electron chi connectivity index (χ0n) is 18.9. The number of amides is 2. The van der Waals surface area contributed by atoms with E-state index in [2.05, 4.69) is 10.4 Å². The van der Waals surface area contributed by atoms with Gasteiger partial charge in [0.1, 0.15) is 12.6 Å². The first-order valence-corrected chi connectivity index (χ1v) is 10.9. The highest BCUT2D eigenvalue weighted by Gasteiger charge is 2.39. The van der Waals surface area contributed by atoms with Crippen LogP contribution in [-0.4, -0.2) is 43.5 Å². The van der Waals surface area contributed by atoms with Crippen LogP contribution in [0.5, 0.6) is 0 Å². The van der Waals surface area contributed by atoms with Crippen LogP contribution in [0.1, 0.15) is 17.2 Å². The highest BCUT2D eigenvalue weighted by molar-refractivity contribution is 6.30. The van der Waals surface area contributed by atoms with Crippen molar-refractivity contribution in [2.45, 2.75) is 37.6 Å². The van der Waals surface area contributed by atoms with Gasteiger partial charge in [0.25, 0.3) is 0 Å².